The van der Waals surface area contributed by atoms with Crippen LogP contribution in [-0.4, -0.2) is 38.3 Å². The SMILES string of the molecule is CC(N)c1cnnn1CCN1C(=O)c2ccccc2C1=O. The quantitative estimate of drug-likeness (QED) is 0.830. The molecule has 1 aromatic heterocycles. The van der Waals surface area contributed by atoms with Crippen molar-refractivity contribution in [1.82, 2.24) is 19.9 Å². The van der Waals surface area contributed by atoms with Crippen molar-refractivity contribution in [3.63, 3.8) is 0 Å². The van der Waals surface area contributed by atoms with Crippen LogP contribution in [0.4, 0.5) is 0 Å². The average molecular weight is 285 g/mol. The van der Waals surface area contributed by atoms with Crippen molar-refractivity contribution in [3.05, 3.63) is 47.3 Å². The molecule has 1 atom stereocenters. The van der Waals surface area contributed by atoms with Crippen LogP contribution in [0.15, 0.2) is 30.5 Å². The van der Waals surface area contributed by atoms with E-state index in [0.29, 0.717) is 17.7 Å². The summed E-state index contributed by atoms with van der Waals surface area (Å²) in [5.41, 5.74) is 7.49. The zero-order chi connectivity index (χ0) is 15.0. The van der Waals surface area contributed by atoms with E-state index in [4.69, 9.17) is 5.73 Å². The molecule has 3 rings (SSSR count). The summed E-state index contributed by atoms with van der Waals surface area (Å²) in [5.74, 6) is -0.531. The van der Waals surface area contributed by atoms with Crippen LogP contribution in [-0.2, 0) is 6.54 Å². The first kappa shape index (κ1) is 13.4. The molecule has 2 N–H and O–H groups in total. The van der Waals surface area contributed by atoms with Gasteiger partial charge in [-0.1, -0.05) is 17.3 Å². The van der Waals surface area contributed by atoms with E-state index in [0.717, 1.165) is 5.69 Å². The molecule has 0 spiro atoms. The Morgan fingerprint density at radius 3 is 2.33 bits per heavy atom. The topological polar surface area (TPSA) is 94.1 Å². The Morgan fingerprint density at radius 1 is 1.14 bits per heavy atom. The van der Waals surface area contributed by atoms with Crippen LogP contribution in [0.25, 0.3) is 0 Å². The average Bonchev–Trinajstić information content (AvgIpc) is 3.03. The van der Waals surface area contributed by atoms with Crippen molar-refractivity contribution in [1.29, 1.82) is 0 Å². The number of nitrogens with two attached hydrogens (primary N) is 1. The highest BCUT2D eigenvalue weighted by atomic mass is 16.2. The summed E-state index contributed by atoms with van der Waals surface area (Å²) < 4.78 is 1.62. The molecule has 0 radical (unpaired) electrons. The molecular formula is C14H15N5O2. The molecule has 1 aromatic carbocycles. The van der Waals surface area contributed by atoms with Crippen molar-refractivity contribution in [2.75, 3.05) is 6.54 Å². The fourth-order valence-electron chi connectivity index (χ4n) is 2.43. The standard InChI is InChI=1S/C14H15N5O2/c1-9(15)12-8-16-17-19(12)7-6-18-13(20)10-4-2-3-5-11(10)14(18)21/h2-5,8-9H,6-7,15H2,1H3. The number of hydrogen-bond acceptors (Lipinski definition) is 5. The minimum absolute atomic E-state index is 0.206. The second-order valence-corrected chi connectivity index (χ2v) is 4.98. The van der Waals surface area contributed by atoms with Crippen LogP contribution in [0.5, 0.6) is 0 Å². The summed E-state index contributed by atoms with van der Waals surface area (Å²) in [5, 5.41) is 7.75. The minimum Gasteiger partial charge on any atom is -0.323 e. The first-order valence-corrected chi connectivity index (χ1v) is 6.69. The van der Waals surface area contributed by atoms with Gasteiger partial charge in [0.1, 0.15) is 0 Å². The summed E-state index contributed by atoms with van der Waals surface area (Å²) in [6, 6.07) is 6.62. The number of carbonyl (C=O) groups excluding carboxylic acids is 2. The van der Waals surface area contributed by atoms with Gasteiger partial charge in [0.2, 0.25) is 0 Å². The first-order valence-electron chi connectivity index (χ1n) is 6.69. The van der Waals surface area contributed by atoms with E-state index in [1.54, 1.807) is 35.1 Å². The maximum atomic E-state index is 12.2. The van der Waals surface area contributed by atoms with Crippen molar-refractivity contribution in [2.45, 2.75) is 19.5 Å². The van der Waals surface area contributed by atoms with Crippen molar-refractivity contribution in [3.8, 4) is 0 Å². The smallest absolute Gasteiger partial charge is 0.261 e. The molecule has 2 heterocycles. The lowest BCUT2D eigenvalue weighted by Crippen LogP contribution is -2.33. The van der Waals surface area contributed by atoms with Gasteiger partial charge >= 0.3 is 0 Å². The number of benzene rings is 1. The summed E-state index contributed by atoms with van der Waals surface area (Å²) in [7, 11) is 0. The highest BCUT2D eigenvalue weighted by molar-refractivity contribution is 6.21. The molecule has 0 saturated carbocycles. The fraction of sp³-hybridized carbons (Fsp3) is 0.286. The lowest BCUT2D eigenvalue weighted by atomic mass is 10.1. The molecule has 1 aliphatic heterocycles. The third-order valence-corrected chi connectivity index (χ3v) is 3.53. The molecule has 7 nitrogen and oxygen atoms in total. The molecule has 1 unspecified atom stereocenters. The highest BCUT2D eigenvalue weighted by Crippen LogP contribution is 2.22. The maximum Gasteiger partial charge on any atom is 0.261 e. The van der Waals surface area contributed by atoms with Crippen molar-refractivity contribution < 1.29 is 9.59 Å². The van der Waals surface area contributed by atoms with Crippen LogP contribution in [0, 0.1) is 0 Å². The zero-order valence-corrected chi connectivity index (χ0v) is 11.6. The van der Waals surface area contributed by atoms with Crippen molar-refractivity contribution in [2.24, 2.45) is 5.73 Å². The number of nitrogens with zero attached hydrogens (tertiary/aromatic N) is 4. The van der Waals surface area contributed by atoms with Gasteiger partial charge in [0, 0.05) is 12.6 Å². The summed E-state index contributed by atoms with van der Waals surface area (Å²) in [4.78, 5) is 25.7. The Labute approximate surface area is 121 Å². The molecule has 0 aliphatic carbocycles. The number of imide groups is 1. The second-order valence-electron chi connectivity index (χ2n) is 4.98. The maximum absolute atomic E-state index is 12.2. The number of hydrogen-bond donors (Lipinski definition) is 1. The molecule has 108 valence electrons. The Bertz CT molecular complexity index is 672. The van der Waals surface area contributed by atoms with Gasteiger partial charge in [-0.05, 0) is 19.1 Å². The predicted molar refractivity (Wildman–Crippen MR) is 74.4 cm³/mol. The summed E-state index contributed by atoms with van der Waals surface area (Å²) in [6.07, 6.45) is 1.59. The molecule has 0 saturated heterocycles. The van der Waals surface area contributed by atoms with Gasteiger partial charge in [-0.15, -0.1) is 5.10 Å². The number of amides is 2. The van der Waals surface area contributed by atoms with E-state index in [1.165, 1.54) is 4.90 Å². The monoisotopic (exact) mass is 285 g/mol. The van der Waals surface area contributed by atoms with Gasteiger partial charge in [0.25, 0.3) is 11.8 Å². The molecule has 1 aliphatic rings. The molecular weight excluding hydrogens is 270 g/mol. The minimum atomic E-state index is -0.266. The van der Waals surface area contributed by atoms with Gasteiger partial charge in [-0.2, -0.15) is 0 Å². The van der Waals surface area contributed by atoms with Gasteiger partial charge in [0.15, 0.2) is 0 Å². The Morgan fingerprint density at radius 2 is 1.76 bits per heavy atom. The Hall–Kier alpha value is -2.54. The first-order chi connectivity index (χ1) is 10.1. The van der Waals surface area contributed by atoms with Crippen LogP contribution < -0.4 is 5.73 Å². The molecule has 2 amide bonds. The predicted octanol–water partition coefficient (Wildman–Crippen LogP) is 0.594. The van der Waals surface area contributed by atoms with Crippen LogP contribution in [0.3, 0.4) is 0 Å². The molecule has 0 fully saturated rings. The van der Waals surface area contributed by atoms with Gasteiger partial charge < -0.3 is 5.73 Å². The zero-order valence-electron chi connectivity index (χ0n) is 11.6. The number of rotatable bonds is 4. The van der Waals surface area contributed by atoms with Gasteiger partial charge in [0.05, 0.1) is 29.6 Å². The van der Waals surface area contributed by atoms with Crippen LogP contribution in [0.1, 0.15) is 39.4 Å². The van der Waals surface area contributed by atoms with Crippen LogP contribution in [0.2, 0.25) is 0 Å². The Balaban J connectivity index is 1.77. The van der Waals surface area contributed by atoms with Gasteiger partial charge in [-0.3, -0.25) is 14.5 Å². The van der Waals surface area contributed by atoms with E-state index in [-0.39, 0.29) is 24.4 Å². The van der Waals surface area contributed by atoms with Gasteiger partial charge in [-0.25, -0.2) is 4.68 Å². The number of fused-ring (bicyclic) bond motifs is 1. The second kappa shape index (κ2) is 5.10. The lowest BCUT2D eigenvalue weighted by molar-refractivity contribution is 0.0647. The third kappa shape index (κ3) is 2.21. The van der Waals surface area contributed by atoms with E-state index >= 15 is 0 Å². The Kier molecular flexibility index (Phi) is 3.26. The number of carbonyl (C=O) groups is 2. The van der Waals surface area contributed by atoms with E-state index in [1.807, 2.05) is 6.92 Å². The third-order valence-electron chi connectivity index (χ3n) is 3.53. The summed E-state index contributed by atoms with van der Waals surface area (Å²) >= 11 is 0. The molecule has 0 bridgehead atoms. The van der Waals surface area contributed by atoms with E-state index in [9.17, 15) is 9.59 Å². The molecule has 7 heteroatoms. The van der Waals surface area contributed by atoms with E-state index in [2.05, 4.69) is 10.3 Å². The highest BCUT2D eigenvalue weighted by Gasteiger charge is 2.34. The molecule has 21 heavy (non-hydrogen) atoms. The lowest BCUT2D eigenvalue weighted by Gasteiger charge is -2.15. The molecule has 2 aromatic rings. The van der Waals surface area contributed by atoms with E-state index < -0.39 is 0 Å². The largest absolute Gasteiger partial charge is 0.323 e. The van der Waals surface area contributed by atoms with Crippen molar-refractivity contribution >= 4 is 11.8 Å². The van der Waals surface area contributed by atoms with Crippen LogP contribution >= 0.6 is 0 Å². The number of aromatic nitrogens is 3. The fourth-order valence-corrected chi connectivity index (χ4v) is 2.43. The summed E-state index contributed by atoms with van der Waals surface area (Å²) in [6.45, 7) is 2.45. The normalized spacial score (nSPS) is 15.4.